The summed E-state index contributed by atoms with van der Waals surface area (Å²) in [5, 5.41) is 13.8. The van der Waals surface area contributed by atoms with E-state index in [4.69, 9.17) is 4.74 Å². The topological polar surface area (TPSA) is 80.8 Å². The first kappa shape index (κ1) is 12.2. The summed E-state index contributed by atoms with van der Waals surface area (Å²) in [5.41, 5.74) is 0.965. The van der Waals surface area contributed by atoms with Crippen LogP contribution in [-0.4, -0.2) is 33.2 Å². The van der Waals surface area contributed by atoms with Crippen LogP contribution in [0.2, 0.25) is 0 Å². The number of esters is 1. The zero-order valence-electron chi connectivity index (χ0n) is 10.0. The molecule has 0 aliphatic rings. The van der Waals surface area contributed by atoms with Crippen LogP contribution in [0, 0.1) is 0 Å². The molecule has 0 radical (unpaired) electrons. The molecule has 1 aromatic heterocycles. The van der Waals surface area contributed by atoms with Crippen LogP contribution in [0.3, 0.4) is 0 Å². The molecule has 0 spiro atoms. The average Bonchev–Trinajstić information content (AvgIpc) is 2.91. The highest BCUT2D eigenvalue weighted by Gasteiger charge is 2.22. The van der Waals surface area contributed by atoms with E-state index in [0.29, 0.717) is 12.4 Å². The van der Waals surface area contributed by atoms with Crippen molar-refractivity contribution in [3.05, 3.63) is 41.7 Å². The lowest BCUT2D eigenvalue weighted by Crippen LogP contribution is -2.13. The number of benzene rings is 1. The van der Waals surface area contributed by atoms with Crippen LogP contribution in [0.1, 0.15) is 30.7 Å². The Kier molecular flexibility index (Phi) is 4.01. The second kappa shape index (κ2) is 5.90. The van der Waals surface area contributed by atoms with Crippen molar-refractivity contribution in [2.75, 3.05) is 6.61 Å². The standard InChI is InChI=1S/C12H14N4O2/c1-2-18-11(17)8-10(12-13-15-16-14-12)9-6-4-3-5-7-9/h3-7,10H,2,8H2,1H3,(H,13,14,15,16)/t10-/m1/s1. The fourth-order valence-electron chi connectivity index (χ4n) is 1.75. The number of hydrogen-bond acceptors (Lipinski definition) is 5. The fraction of sp³-hybridized carbons (Fsp3) is 0.333. The van der Waals surface area contributed by atoms with Gasteiger partial charge in [0.1, 0.15) is 0 Å². The molecule has 1 heterocycles. The lowest BCUT2D eigenvalue weighted by atomic mass is 9.95. The van der Waals surface area contributed by atoms with Gasteiger partial charge in [0.2, 0.25) is 0 Å². The van der Waals surface area contributed by atoms with Gasteiger partial charge in [-0.1, -0.05) is 35.5 Å². The van der Waals surface area contributed by atoms with Gasteiger partial charge < -0.3 is 4.74 Å². The van der Waals surface area contributed by atoms with Crippen LogP contribution < -0.4 is 0 Å². The van der Waals surface area contributed by atoms with E-state index in [1.54, 1.807) is 6.92 Å². The van der Waals surface area contributed by atoms with Gasteiger partial charge in [0, 0.05) is 0 Å². The number of nitrogens with zero attached hydrogens (tertiary/aromatic N) is 3. The number of aromatic nitrogens is 4. The van der Waals surface area contributed by atoms with Crippen molar-refractivity contribution >= 4 is 5.97 Å². The third-order valence-electron chi connectivity index (χ3n) is 2.55. The molecule has 1 aromatic carbocycles. The minimum atomic E-state index is -0.267. The molecule has 0 saturated carbocycles. The third-order valence-corrected chi connectivity index (χ3v) is 2.55. The van der Waals surface area contributed by atoms with Gasteiger partial charge in [-0.3, -0.25) is 4.79 Å². The summed E-state index contributed by atoms with van der Waals surface area (Å²) < 4.78 is 4.97. The minimum Gasteiger partial charge on any atom is -0.466 e. The first-order valence-corrected chi connectivity index (χ1v) is 5.75. The molecular weight excluding hydrogens is 232 g/mol. The van der Waals surface area contributed by atoms with E-state index in [9.17, 15) is 4.79 Å². The molecule has 6 heteroatoms. The summed E-state index contributed by atoms with van der Waals surface area (Å²) in [6.07, 6.45) is 0.206. The maximum absolute atomic E-state index is 11.6. The Balaban J connectivity index is 2.22. The molecule has 2 rings (SSSR count). The second-order valence-corrected chi connectivity index (χ2v) is 3.74. The average molecular weight is 246 g/mol. The number of nitrogens with one attached hydrogen (secondary N) is 1. The zero-order chi connectivity index (χ0) is 12.8. The molecule has 0 bridgehead atoms. The SMILES string of the molecule is CCOC(=O)C[C@H](c1ccccc1)c1nn[nH]n1. The van der Waals surface area contributed by atoms with E-state index in [0.717, 1.165) is 5.56 Å². The van der Waals surface area contributed by atoms with Crippen LogP contribution in [0.25, 0.3) is 0 Å². The minimum absolute atomic E-state index is 0.206. The molecule has 2 aromatic rings. The van der Waals surface area contributed by atoms with Gasteiger partial charge in [-0.2, -0.15) is 5.21 Å². The molecule has 94 valence electrons. The number of carbonyl (C=O) groups excluding carboxylic acids is 1. The maximum atomic E-state index is 11.6. The van der Waals surface area contributed by atoms with Gasteiger partial charge in [-0.25, -0.2) is 0 Å². The highest BCUT2D eigenvalue weighted by molar-refractivity contribution is 5.71. The number of rotatable bonds is 5. The quantitative estimate of drug-likeness (QED) is 0.804. The summed E-state index contributed by atoms with van der Waals surface area (Å²) in [6, 6.07) is 9.60. The third kappa shape index (κ3) is 2.91. The number of carbonyl (C=O) groups is 1. The first-order valence-electron chi connectivity index (χ1n) is 5.75. The van der Waals surface area contributed by atoms with Gasteiger partial charge in [0.15, 0.2) is 5.82 Å². The predicted molar refractivity (Wildman–Crippen MR) is 63.7 cm³/mol. The van der Waals surface area contributed by atoms with Crippen molar-refractivity contribution < 1.29 is 9.53 Å². The lowest BCUT2D eigenvalue weighted by Gasteiger charge is -2.12. The van der Waals surface area contributed by atoms with Crippen LogP contribution in [0.15, 0.2) is 30.3 Å². The first-order chi connectivity index (χ1) is 8.81. The van der Waals surface area contributed by atoms with E-state index in [1.807, 2.05) is 30.3 Å². The van der Waals surface area contributed by atoms with Crippen molar-refractivity contribution in [3.63, 3.8) is 0 Å². The van der Waals surface area contributed by atoms with Crippen LogP contribution in [-0.2, 0) is 9.53 Å². The Morgan fingerprint density at radius 2 is 2.17 bits per heavy atom. The van der Waals surface area contributed by atoms with Crippen molar-refractivity contribution in [1.82, 2.24) is 20.6 Å². The molecule has 0 amide bonds. The number of hydrogen-bond donors (Lipinski definition) is 1. The van der Waals surface area contributed by atoms with Crippen molar-refractivity contribution in [1.29, 1.82) is 0 Å². The van der Waals surface area contributed by atoms with Crippen molar-refractivity contribution in [3.8, 4) is 0 Å². The molecular formula is C12H14N4O2. The Labute approximate surface area is 104 Å². The molecule has 6 nitrogen and oxygen atoms in total. The molecule has 18 heavy (non-hydrogen) atoms. The number of H-pyrrole nitrogens is 1. The van der Waals surface area contributed by atoms with Crippen molar-refractivity contribution in [2.24, 2.45) is 0 Å². The van der Waals surface area contributed by atoms with Crippen LogP contribution >= 0.6 is 0 Å². The van der Waals surface area contributed by atoms with E-state index in [2.05, 4.69) is 20.6 Å². The largest absolute Gasteiger partial charge is 0.466 e. The van der Waals surface area contributed by atoms with Gasteiger partial charge in [-0.15, -0.1) is 10.2 Å². The van der Waals surface area contributed by atoms with Crippen LogP contribution in [0.4, 0.5) is 0 Å². The van der Waals surface area contributed by atoms with E-state index < -0.39 is 0 Å². The molecule has 0 fully saturated rings. The van der Waals surface area contributed by atoms with E-state index >= 15 is 0 Å². The number of aromatic amines is 1. The summed E-state index contributed by atoms with van der Waals surface area (Å²) in [4.78, 5) is 11.6. The van der Waals surface area contributed by atoms with E-state index in [-0.39, 0.29) is 18.3 Å². The zero-order valence-corrected chi connectivity index (χ0v) is 10.0. The second-order valence-electron chi connectivity index (χ2n) is 3.74. The maximum Gasteiger partial charge on any atom is 0.306 e. The van der Waals surface area contributed by atoms with Gasteiger partial charge in [0.25, 0.3) is 0 Å². The van der Waals surface area contributed by atoms with Gasteiger partial charge in [-0.05, 0) is 12.5 Å². The normalized spacial score (nSPS) is 12.1. The monoisotopic (exact) mass is 246 g/mol. The fourth-order valence-corrected chi connectivity index (χ4v) is 1.75. The Morgan fingerprint density at radius 1 is 1.39 bits per heavy atom. The Bertz CT molecular complexity index is 484. The highest BCUT2D eigenvalue weighted by atomic mass is 16.5. The number of ether oxygens (including phenoxy) is 1. The van der Waals surface area contributed by atoms with Gasteiger partial charge in [0.05, 0.1) is 18.9 Å². The smallest absolute Gasteiger partial charge is 0.306 e. The molecule has 1 N–H and O–H groups in total. The van der Waals surface area contributed by atoms with E-state index in [1.165, 1.54) is 0 Å². The Morgan fingerprint density at radius 3 is 2.78 bits per heavy atom. The summed E-state index contributed by atoms with van der Waals surface area (Å²) >= 11 is 0. The lowest BCUT2D eigenvalue weighted by molar-refractivity contribution is -0.143. The highest BCUT2D eigenvalue weighted by Crippen LogP contribution is 2.24. The van der Waals surface area contributed by atoms with Crippen LogP contribution in [0.5, 0.6) is 0 Å². The van der Waals surface area contributed by atoms with Gasteiger partial charge >= 0.3 is 5.97 Å². The predicted octanol–water partition coefficient (Wildman–Crippen LogP) is 1.28. The Hall–Kier alpha value is -2.24. The molecule has 1 atom stereocenters. The number of tetrazole rings is 1. The summed E-state index contributed by atoms with van der Waals surface area (Å²) in [6.45, 7) is 2.15. The molecule has 0 unspecified atom stereocenters. The molecule has 0 aliphatic carbocycles. The molecule has 0 saturated heterocycles. The summed E-state index contributed by atoms with van der Waals surface area (Å²) in [5.74, 6) is -0.00518. The summed E-state index contributed by atoms with van der Waals surface area (Å²) in [7, 11) is 0. The van der Waals surface area contributed by atoms with Crippen molar-refractivity contribution in [2.45, 2.75) is 19.3 Å². The molecule has 0 aliphatic heterocycles.